The minimum absolute atomic E-state index is 0.289. The highest BCUT2D eigenvalue weighted by molar-refractivity contribution is 5.92. The molecule has 0 spiro atoms. The predicted molar refractivity (Wildman–Crippen MR) is 133 cm³/mol. The second-order valence-corrected chi connectivity index (χ2v) is 9.70. The van der Waals surface area contributed by atoms with E-state index in [1.54, 1.807) is 20.8 Å². The van der Waals surface area contributed by atoms with E-state index < -0.39 is 36.3 Å². The molecular formula is C26H43N3O5. The van der Waals surface area contributed by atoms with Gasteiger partial charge in [0.05, 0.1) is 6.61 Å². The van der Waals surface area contributed by atoms with E-state index in [0.29, 0.717) is 18.5 Å². The molecule has 34 heavy (non-hydrogen) atoms. The molecule has 8 nitrogen and oxygen atoms in total. The zero-order valence-electron chi connectivity index (χ0n) is 21.8. The van der Waals surface area contributed by atoms with Crippen LogP contribution in [-0.2, 0) is 14.3 Å². The van der Waals surface area contributed by atoms with Gasteiger partial charge in [-0.15, -0.1) is 0 Å². The zero-order chi connectivity index (χ0) is 25.9. The van der Waals surface area contributed by atoms with E-state index >= 15 is 0 Å². The monoisotopic (exact) mass is 477 g/mol. The fraction of sp³-hybridized carbons (Fsp3) is 0.654. The van der Waals surface area contributed by atoms with Crippen molar-refractivity contribution >= 4 is 17.9 Å². The van der Waals surface area contributed by atoms with Crippen molar-refractivity contribution in [1.29, 1.82) is 0 Å². The number of aliphatic hydroxyl groups is 1. The first-order valence-corrected chi connectivity index (χ1v) is 12.2. The third-order valence-corrected chi connectivity index (χ3v) is 5.49. The van der Waals surface area contributed by atoms with Crippen molar-refractivity contribution in [2.45, 2.75) is 97.9 Å². The molecule has 1 aromatic carbocycles. The standard InChI is InChI=1S/C26H43N3O5/c1-8-10-11-16-27-23(31)22(20-14-12-18(3)13-15-20)29(19(4)9-2)24(32)21(17-30)28-25(33)34-26(5,6)7/h12-15,19,21-22,30H,8-11,16-17H2,1-7H3,(H,27,31)(H,28,33). The summed E-state index contributed by atoms with van der Waals surface area (Å²) in [6.45, 7) is 12.8. The number of hydrogen-bond acceptors (Lipinski definition) is 5. The Hall–Kier alpha value is -2.61. The molecule has 3 N–H and O–H groups in total. The average molecular weight is 478 g/mol. The van der Waals surface area contributed by atoms with Crippen LogP contribution in [0.15, 0.2) is 24.3 Å². The van der Waals surface area contributed by atoms with E-state index in [0.717, 1.165) is 24.8 Å². The summed E-state index contributed by atoms with van der Waals surface area (Å²) in [5.74, 6) is -0.834. The lowest BCUT2D eigenvalue weighted by Gasteiger charge is -2.38. The Morgan fingerprint density at radius 1 is 1.09 bits per heavy atom. The van der Waals surface area contributed by atoms with Gasteiger partial charge in [0.2, 0.25) is 11.8 Å². The van der Waals surface area contributed by atoms with Crippen molar-refractivity contribution in [3.63, 3.8) is 0 Å². The van der Waals surface area contributed by atoms with Crippen LogP contribution in [0.2, 0.25) is 0 Å². The normalized spacial score (nSPS) is 14.0. The highest BCUT2D eigenvalue weighted by Gasteiger charge is 2.38. The Balaban J connectivity index is 3.32. The molecule has 0 bridgehead atoms. The molecule has 3 amide bonds. The van der Waals surface area contributed by atoms with E-state index in [1.165, 1.54) is 4.90 Å². The maximum absolute atomic E-state index is 13.7. The molecule has 192 valence electrons. The maximum Gasteiger partial charge on any atom is 0.408 e. The van der Waals surface area contributed by atoms with E-state index in [4.69, 9.17) is 4.74 Å². The second kappa shape index (κ2) is 13.9. The number of hydrogen-bond donors (Lipinski definition) is 3. The van der Waals surface area contributed by atoms with Gasteiger partial charge < -0.3 is 25.4 Å². The number of unbranched alkanes of at least 4 members (excludes halogenated alkanes) is 2. The number of rotatable bonds is 12. The third kappa shape index (κ3) is 9.33. The smallest absolute Gasteiger partial charge is 0.408 e. The topological polar surface area (TPSA) is 108 Å². The molecule has 0 aromatic heterocycles. The maximum atomic E-state index is 13.7. The van der Waals surface area contributed by atoms with Crippen LogP contribution in [0, 0.1) is 6.92 Å². The van der Waals surface area contributed by atoms with Crippen LogP contribution in [-0.4, -0.2) is 58.8 Å². The van der Waals surface area contributed by atoms with Gasteiger partial charge in [-0.05, 0) is 53.0 Å². The zero-order valence-corrected chi connectivity index (χ0v) is 21.8. The Labute approximate surface area is 204 Å². The SMILES string of the molecule is CCCCCNC(=O)C(c1ccc(C)cc1)N(C(=O)C(CO)NC(=O)OC(C)(C)C)C(C)CC. The molecular weight excluding hydrogens is 434 g/mol. The molecule has 0 fully saturated rings. The quantitative estimate of drug-likeness (QED) is 0.396. The lowest BCUT2D eigenvalue weighted by atomic mass is 9.99. The summed E-state index contributed by atoms with van der Waals surface area (Å²) in [6.07, 6.45) is 2.65. The van der Waals surface area contributed by atoms with Gasteiger partial charge in [0.1, 0.15) is 17.7 Å². The van der Waals surface area contributed by atoms with Crippen LogP contribution in [0.5, 0.6) is 0 Å². The molecule has 0 saturated heterocycles. The van der Waals surface area contributed by atoms with Crippen molar-refractivity contribution in [2.24, 2.45) is 0 Å². The summed E-state index contributed by atoms with van der Waals surface area (Å²) >= 11 is 0. The Bertz CT molecular complexity index is 789. The van der Waals surface area contributed by atoms with Gasteiger partial charge >= 0.3 is 6.09 Å². The second-order valence-electron chi connectivity index (χ2n) is 9.70. The molecule has 0 aliphatic carbocycles. The van der Waals surface area contributed by atoms with Crippen LogP contribution in [0.1, 0.15) is 84.4 Å². The minimum Gasteiger partial charge on any atom is -0.444 e. The average Bonchev–Trinajstić information content (AvgIpc) is 2.77. The van der Waals surface area contributed by atoms with E-state index in [2.05, 4.69) is 17.6 Å². The van der Waals surface area contributed by atoms with Gasteiger partial charge in [0.25, 0.3) is 0 Å². The van der Waals surface area contributed by atoms with E-state index in [-0.39, 0.29) is 11.9 Å². The Morgan fingerprint density at radius 2 is 1.71 bits per heavy atom. The number of benzene rings is 1. The number of ether oxygens (including phenoxy) is 1. The first-order valence-electron chi connectivity index (χ1n) is 12.2. The molecule has 1 aromatic rings. The van der Waals surface area contributed by atoms with Crippen molar-refractivity contribution in [3.8, 4) is 0 Å². The summed E-state index contributed by atoms with van der Waals surface area (Å²) in [4.78, 5) is 40.8. The summed E-state index contributed by atoms with van der Waals surface area (Å²) < 4.78 is 5.26. The molecule has 0 aliphatic heterocycles. The Kier molecular flexibility index (Phi) is 12.1. The molecule has 0 heterocycles. The van der Waals surface area contributed by atoms with Crippen molar-refractivity contribution in [1.82, 2.24) is 15.5 Å². The van der Waals surface area contributed by atoms with Gasteiger partial charge in [-0.3, -0.25) is 9.59 Å². The number of amides is 3. The highest BCUT2D eigenvalue weighted by atomic mass is 16.6. The van der Waals surface area contributed by atoms with Crippen LogP contribution in [0.25, 0.3) is 0 Å². The fourth-order valence-corrected chi connectivity index (χ4v) is 3.48. The Morgan fingerprint density at radius 3 is 2.21 bits per heavy atom. The lowest BCUT2D eigenvalue weighted by molar-refractivity contribution is -0.145. The summed E-state index contributed by atoms with van der Waals surface area (Å²) in [5.41, 5.74) is 0.945. The van der Waals surface area contributed by atoms with Crippen molar-refractivity contribution in [3.05, 3.63) is 35.4 Å². The van der Waals surface area contributed by atoms with Gasteiger partial charge in [-0.2, -0.15) is 0 Å². The number of carbonyl (C=O) groups excluding carboxylic acids is 3. The number of alkyl carbamates (subject to hydrolysis) is 1. The summed E-state index contributed by atoms with van der Waals surface area (Å²) in [5, 5.41) is 15.4. The predicted octanol–water partition coefficient (Wildman–Crippen LogP) is 3.86. The minimum atomic E-state index is -1.25. The fourth-order valence-electron chi connectivity index (χ4n) is 3.48. The number of carbonyl (C=O) groups is 3. The molecule has 8 heteroatoms. The van der Waals surface area contributed by atoms with Crippen LogP contribution < -0.4 is 10.6 Å². The molecule has 0 saturated carbocycles. The third-order valence-electron chi connectivity index (χ3n) is 5.49. The van der Waals surface area contributed by atoms with Crippen LogP contribution in [0.3, 0.4) is 0 Å². The first kappa shape index (κ1) is 29.4. The van der Waals surface area contributed by atoms with Crippen molar-refractivity contribution in [2.75, 3.05) is 13.2 Å². The highest BCUT2D eigenvalue weighted by Crippen LogP contribution is 2.26. The molecule has 1 rings (SSSR count). The first-order chi connectivity index (χ1) is 15.9. The van der Waals surface area contributed by atoms with E-state index in [9.17, 15) is 19.5 Å². The van der Waals surface area contributed by atoms with Crippen LogP contribution >= 0.6 is 0 Å². The summed E-state index contributed by atoms with van der Waals surface area (Å²) in [6, 6.07) is 4.99. The van der Waals surface area contributed by atoms with Gasteiger partial charge in [0.15, 0.2) is 0 Å². The largest absolute Gasteiger partial charge is 0.444 e. The number of aryl methyl sites for hydroxylation is 1. The molecule has 0 radical (unpaired) electrons. The molecule has 0 aliphatic rings. The van der Waals surface area contributed by atoms with E-state index in [1.807, 2.05) is 45.0 Å². The van der Waals surface area contributed by atoms with Gasteiger partial charge in [0, 0.05) is 12.6 Å². The van der Waals surface area contributed by atoms with Gasteiger partial charge in [-0.25, -0.2) is 4.79 Å². The number of nitrogens with zero attached hydrogens (tertiary/aromatic N) is 1. The number of aliphatic hydroxyl groups excluding tert-OH is 1. The molecule has 3 atom stereocenters. The molecule has 3 unspecified atom stereocenters. The van der Waals surface area contributed by atoms with Crippen molar-refractivity contribution < 1.29 is 24.2 Å². The summed E-state index contributed by atoms with van der Waals surface area (Å²) in [7, 11) is 0. The number of nitrogens with one attached hydrogen (secondary N) is 2. The lowest BCUT2D eigenvalue weighted by Crippen LogP contribution is -2.56. The van der Waals surface area contributed by atoms with Crippen LogP contribution in [0.4, 0.5) is 4.79 Å². The van der Waals surface area contributed by atoms with Gasteiger partial charge in [-0.1, -0.05) is 56.5 Å².